The molecule has 0 fully saturated rings. The molecular weight excluding hydrogens is 274 g/mol. The van der Waals surface area contributed by atoms with Gasteiger partial charge in [-0.1, -0.05) is 29.8 Å². The van der Waals surface area contributed by atoms with E-state index in [1.165, 1.54) is 11.1 Å². The second kappa shape index (κ2) is 5.75. The molecule has 2 aromatic heterocycles. The van der Waals surface area contributed by atoms with Gasteiger partial charge in [0.15, 0.2) is 11.5 Å². The average Bonchev–Trinajstić information content (AvgIpc) is 2.90. The predicted molar refractivity (Wildman–Crippen MR) is 89.0 cm³/mol. The van der Waals surface area contributed by atoms with Crippen LogP contribution in [0.15, 0.2) is 30.6 Å². The van der Waals surface area contributed by atoms with E-state index in [-0.39, 0.29) is 0 Å². The summed E-state index contributed by atoms with van der Waals surface area (Å²) in [5.41, 5.74) is 4.19. The molecule has 114 valence electrons. The van der Waals surface area contributed by atoms with E-state index in [9.17, 15) is 0 Å². The fourth-order valence-corrected chi connectivity index (χ4v) is 2.42. The lowest BCUT2D eigenvalue weighted by Gasteiger charge is -2.10. The highest BCUT2D eigenvalue weighted by atomic mass is 15.2. The number of aromatic nitrogens is 4. The highest BCUT2D eigenvalue weighted by Crippen LogP contribution is 2.22. The van der Waals surface area contributed by atoms with Crippen LogP contribution in [0.4, 0.5) is 5.82 Å². The normalized spacial score (nSPS) is 11.3. The summed E-state index contributed by atoms with van der Waals surface area (Å²) in [5.74, 6) is 1.55. The summed E-state index contributed by atoms with van der Waals surface area (Å²) in [6.45, 7) is 8.97. The zero-order valence-electron chi connectivity index (χ0n) is 13.5. The molecule has 1 aromatic carbocycles. The number of fused-ring (bicyclic) bond motifs is 1. The molecule has 3 aromatic rings. The number of benzene rings is 1. The summed E-state index contributed by atoms with van der Waals surface area (Å²) in [4.78, 5) is 13.5. The minimum Gasteiger partial charge on any atom is -0.364 e. The highest BCUT2D eigenvalue weighted by Gasteiger charge is 2.13. The Labute approximate surface area is 130 Å². The molecule has 5 nitrogen and oxygen atoms in total. The van der Waals surface area contributed by atoms with E-state index in [1.807, 2.05) is 13.3 Å². The number of rotatable bonds is 4. The van der Waals surface area contributed by atoms with Gasteiger partial charge in [-0.15, -0.1) is 0 Å². The van der Waals surface area contributed by atoms with E-state index in [4.69, 9.17) is 0 Å². The zero-order valence-corrected chi connectivity index (χ0v) is 13.5. The number of hydrogen-bond donors (Lipinski definition) is 1. The van der Waals surface area contributed by atoms with Crippen LogP contribution in [0, 0.1) is 13.8 Å². The highest BCUT2D eigenvalue weighted by molar-refractivity contribution is 5.83. The lowest BCUT2D eigenvalue weighted by atomic mass is 10.1. The van der Waals surface area contributed by atoms with Crippen molar-refractivity contribution in [1.29, 1.82) is 0 Å². The molecule has 0 spiro atoms. The Morgan fingerprint density at radius 1 is 1.09 bits per heavy atom. The largest absolute Gasteiger partial charge is 0.364 e. The van der Waals surface area contributed by atoms with Gasteiger partial charge >= 0.3 is 0 Å². The predicted octanol–water partition coefficient (Wildman–Crippen LogP) is 3.64. The zero-order chi connectivity index (χ0) is 15.7. The van der Waals surface area contributed by atoms with E-state index in [2.05, 4.69) is 69.9 Å². The maximum atomic E-state index is 4.53. The first-order valence-corrected chi connectivity index (χ1v) is 7.55. The second-order valence-corrected chi connectivity index (χ2v) is 5.88. The van der Waals surface area contributed by atoms with Crippen molar-refractivity contribution in [3.8, 4) is 0 Å². The minimum absolute atomic E-state index is 0.323. The SMILES string of the molecule is Cc1ccc(CNc2nc(C)nc3c2ncn3C(C)C)cc1. The Morgan fingerprint density at radius 2 is 1.82 bits per heavy atom. The second-order valence-electron chi connectivity index (χ2n) is 5.88. The number of hydrogen-bond acceptors (Lipinski definition) is 4. The van der Waals surface area contributed by atoms with Gasteiger partial charge in [0, 0.05) is 12.6 Å². The summed E-state index contributed by atoms with van der Waals surface area (Å²) in [5, 5.41) is 3.39. The maximum absolute atomic E-state index is 4.53. The van der Waals surface area contributed by atoms with Crippen LogP contribution in [-0.4, -0.2) is 19.5 Å². The Morgan fingerprint density at radius 3 is 2.50 bits per heavy atom. The van der Waals surface area contributed by atoms with Crippen LogP contribution >= 0.6 is 0 Å². The first-order valence-electron chi connectivity index (χ1n) is 7.55. The van der Waals surface area contributed by atoms with Crippen molar-refractivity contribution in [2.75, 3.05) is 5.32 Å². The summed E-state index contributed by atoms with van der Waals surface area (Å²) < 4.78 is 2.07. The number of aryl methyl sites for hydroxylation is 2. The molecule has 5 heteroatoms. The third-order valence-electron chi connectivity index (χ3n) is 3.67. The molecule has 2 heterocycles. The van der Waals surface area contributed by atoms with Crippen molar-refractivity contribution < 1.29 is 0 Å². The summed E-state index contributed by atoms with van der Waals surface area (Å²) in [7, 11) is 0. The van der Waals surface area contributed by atoms with E-state index in [1.54, 1.807) is 0 Å². The number of nitrogens with zero attached hydrogens (tertiary/aromatic N) is 4. The standard InChI is InChI=1S/C17H21N5/c1-11(2)22-10-19-15-16(20-13(4)21-17(15)22)18-9-14-7-5-12(3)6-8-14/h5-8,10-11H,9H2,1-4H3,(H,18,20,21). The Kier molecular flexibility index (Phi) is 3.79. The van der Waals surface area contributed by atoms with E-state index in [0.29, 0.717) is 6.04 Å². The van der Waals surface area contributed by atoms with Gasteiger partial charge in [-0.25, -0.2) is 15.0 Å². The fourth-order valence-electron chi connectivity index (χ4n) is 2.42. The maximum Gasteiger partial charge on any atom is 0.165 e. The third kappa shape index (κ3) is 2.79. The molecule has 0 saturated carbocycles. The molecule has 3 rings (SSSR count). The lowest BCUT2D eigenvalue weighted by Crippen LogP contribution is -2.06. The van der Waals surface area contributed by atoms with Crippen molar-refractivity contribution in [2.24, 2.45) is 0 Å². The topological polar surface area (TPSA) is 55.6 Å². The van der Waals surface area contributed by atoms with Gasteiger partial charge in [0.2, 0.25) is 0 Å². The van der Waals surface area contributed by atoms with Crippen LogP contribution < -0.4 is 5.32 Å². The lowest BCUT2D eigenvalue weighted by molar-refractivity contribution is 0.612. The first-order chi connectivity index (χ1) is 10.5. The number of imidazole rings is 1. The molecule has 0 atom stereocenters. The molecule has 0 aliphatic carbocycles. The summed E-state index contributed by atoms with van der Waals surface area (Å²) in [6, 6.07) is 8.81. The fraction of sp³-hybridized carbons (Fsp3) is 0.353. The van der Waals surface area contributed by atoms with Crippen LogP contribution in [0.2, 0.25) is 0 Å². The molecule has 0 amide bonds. The molecule has 22 heavy (non-hydrogen) atoms. The van der Waals surface area contributed by atoms with Gasteiger partial charge in [-0.3, -0.25) is 0 Å². The summed E-state index contributed by atoms with van der Waals surface area (Å²) in [6.07, 6.45) is 1.83. The Bertz CT molecular complexity index is 787. The third-order valence-corrected chi connectivity index (χ3v) is 3.67. The Balaban J connectivity index is 1.91. The van der Waals surface area contributed by atoms with Gasteiger partial charge < -0.3 is 9.88 Å². The Hall–Kier alpha value is -2.43. The molecule has 0 aliphatic rings. The smallest absolute Gasteiger partial charge is 0.165 e. The van der Waals surface area contributed by atoms with Crippen molar-refractivity contribution in [2.45, 2.75) is 40.3 Å². The minimum atomic E-state index is 0.323. The van der Waals surface area contributed by atoms with Crippen LogP contribution in [0.3, 0.4) is 0 Å². The quantitative estimate of drug-likeness (QED) is 0.798. The van der Waals surface area contributed by atoms with Crippen molar-refractivity contribution in [1.82, 2.24) is 19.5 Å². The van der Waals surface area contributed by atoms with Crippen molar-refractivity contribution in [3.05, 3.63) is 47.5 Å². The molecule has 0 unspecified atom stereocenters. The molecule has 1 N–H and O–H groups in total. The molecule has 0 bridgehead atoms. The van der Waals surface area contributed by atoms with E-state index < -0.39 is 0 Å². The van der Waals surface area contributed by atoms with Crippen LogP contribution in [0.5, 0.6) is 0 Å². The number of nitrogens with one attached hydrogen (secondary N) is 1. The van der Waals surface area contributed by atoms with E-state index in [0.717, 1.165) is 29.4 Å². The van der Waals surface area contributed by atoms with Crippen molar-refractivity contribution >= 4 is 17.0 Å². The monoisotopic (exact) mass is 295 g/mol. The average molecular weight is 295 g/mol. The van der Waals surface area contributed by atoms with Gasteiger partial charge in [0.05, 0.1) is 6.33 Å². The van der Waals surface area contributed by atoms with Gasteiger partial charge in [-0.05, 0) is 33.3 Å². The van der Waals surface area contributed by atoms with Gasteiger partial charge in [0.25, 0.3) is 0 Å². The van der Waals surface area contributed by atoms with Crippen LogP contribution in [0.1, 0.15) is 36.8 Å². The molecule has 0 radical (unpaired) electrons. The first kappa shape index (κ1) is 14.5. The van der Waals surface area contributed by atoms with Crippen molar-refractivity contribution in [3.63, 3.8) is 0 Å². The number of anilines is 1. The van der Waals surface area contributed by atoms with Gasteiger partial charge in [-0.2, -0.15) is 0 Å². The molecular formula is C17H21N5. The van der Waals surface area contributed by atoms with Crippen LogP contribution in [0.25, 0.3) is 11.2 Å². The summed E-state index contributed by atoms with van der Waals surface area (Å²) >= 11 is 0. The van der Waals surface area contributed by atoms with E-state index >= 15 is 0 Å². The van der Waals surface area contributed by atoms with Crippen LogP contribution in [-0.2, 0) is 6.54 Å². The van der Waals surface area contributed by atoms with Gasteiger partial charge in [0.1, 0.15) is 11.3 Å². The molecule has 0 saturated heterocycles. The molecule has 0 aliphatic heterocycles.